The summed E-state index contributed by atoms with van der Waals surface area (Å²) in [5, 5.41) is 11.0. The summed E-state index contributed by atoms with van der Waals surface area (Å²) in [7, 11) is 0. The molecule has 3 heterocycles. The molecule has 7 nitrogen and oxygen atoms in total. The molecule has 41 heavy (non-hydrogen) atoms. The van der Waals surface area contributed by atoms with Crippen molar-refractivity contribution in [1.82, 2.24) is 25.9 Å². The number of anilines is 2. The van der Waals surface area contributed by atoms with Gasteiger partial charge in [-0.2, -0.15) is 0 Å². The number of benzene rings is 2. The molecule has 1 fully saturated rings. The Bertz CT molecular complexity index is 1580. The molecular weight excluding hydrogens is 530 g/mol. The Hall–Kier alpha value is -4.25. The maximum atomic E-state index is 6.87. The zero-order chi connectivity index (χ0) is 28.2. The van der Waals surface area contributed by atoms with Crippen LogP contribution >= 0.6 is 11.6 Å². The minimum Gasteiger partial charge on any atom is -0.377 e. The number of aromatic nitrogens is 2. The zero-order valence-corrected chi connectivity index (χ0v) is 23.8. The molecule has 2 aliphatic rings. The molecule has 0 unspecified atom stereocenters. The molecule has 8 heteroatoms. The highest BCUT2D eigenvalue weighted by atomic mass is 35.5. The van der Waals surface area contributed by atoms with Crippen LogP contribution in [0.25, 0.3) is 10.9 Å². The van der Waals surface area contributed by atoms with Crippen molar-refractivity contribution in [1.29, 1.82) is 0 Å². The molecule has 2 atom stereocenters. The van der Waals surface area contributed by atoms with Crippen molar-refractivity contribution in [2.75, 3.05) is 10.6 Å². The van der Waals surface area contributed by atoms with Gasteiger partial charge in [0.25, 0.3) is 0 Å². The maximum absolute atomic E-state index is 6.87. The van der Waals surface area contributed by atoms with E-state index in [1.807, 2.05) is 24.4 Å². The van der Waals surface area contributed by atoms with E-state index in [-0.39, 0.29) is 12.1 Å². The summed E-state index contributed by atoms with van der Waals surface area (Å²) in [5.41, 5.74) is 13.1. The average Bonchev–Trinajstić information content (AvgIpc) is 3.72. The van der Waals surface area contributed by atoms with Crippen LogP contribution in [0.15, 0.2) is 85.1 Å². The van der Waals surface area contributed by atoms with Crippen molar-refractivity contribution in [3.63, 3.8) is 0 Å². The molecule has 0 bridgehead atoms. The molecule has 1 aliphatic heterocycles. The Morgan fingerprint density at radius 1 is 1.07 bits per heavy atom. The second kappa shape index (κ2) is 12.1. The summed E-state index contributed by atoms with van der Waals surface area (Å²) in [6.45, 7) is 2.16. The first-order valence-corrected chi connectivity index (χ1v) is 14.6. The number of hydrazine groups is 2. The second-order valence-electron chi connectivity index (χ2n) is 10.6. The SMILES string of the molecule is C#Cc1cnc2c(Cl)cc(N[C@H](C3=CN(C4CCCC4)NN3)c3cccnc3)cc2c1N[C@H](CC)c1ccccc1. The van der Waals surface area contributed by atoms with Crippen LogP contribution in [-0.4, -0.2) is 21.0 Å². The first-order chi connectivity index (χ1) is 20.1. The van der Waals surface area contributed by atoms with Crippen LogP contribution in [0.1, 0.15) is 67.8 Å². The molecule has 0 saturated heterocycles. The van der Waals surface area contributed by atoms with Gasteiger partial charge < -0.3 is 16.1 Å². The van der Waals surface area contributed by atoms with E-state index in [4.69, 9.17) is 18.0 Å². The van der Waals surface area contributed by atoms with Crippen molar-refractivity contribution < 1.29 is 0 Å². The number of nitrogens with one attached hydrogen (secondary N) is 4. The Morgan fingerprint density at radius 3 is 2.61 bits per heavy atom. The van der Waals surface area contributed by atoms with E-state index in [1.54, 1.807) is 12.4 Å². The van der Waals surface area contributed by atoms with E-state index in [2.05, 4.69) is 92.0 Å². The van der Waals surface area contributed by atoms with Gasteiger partial charge in [-0.3, -0.25) is 15.0 Å². The molecule has 0 amide bonds. The number of hydrogen-bond donors (Lipinski definition) is 4. The van der Waals surface area contributed by atoms with Crippen LogP contribution in [0, 0.1) is 12.3 Å². The lowest BCUT2D eigenvalue weighted by Gasteiger charge is -2.23. The minimum atomic E-state index is -0.191. The van der Waals surface area contributed by atoms with E-state index in [0.29, 0.717) is 22.1 Å². The number of nitrogens with zero attached hydrogens (tertiary/aromatic N) is 3. The number of terminal acetylenes is 1. The fourth-order valence-electron chi connectivity index (χ4n) is 5.81. The van der Waals surface area contributed by atoms with Gasteiger partial charge >= 0.3 is 0 Å². The molecule has 208 valence electrons. The van der Waals surface area contributed by atoms with Crippen molar-refractivity contribution in [2.24, 2.45) is 0 Å². The number of rotatable bonds is 9. The number of pyridine rings is 2. The van der Waals surface area contributed by atoms with Crippen LogP contribution in [0.3, 0.4) is 0 Å². The lowest BCUT2D eigenvalue weighted by Crippen LogP contribution is -2.42. The fourth-order valence-corrected chi connectivity index (χ4v) is 6.08. The first kappa shape index (κ1) is 26.9. The molecule has 4 N–H and O–H groups in total. The highest BCUT2D eigenvalue weighted by molar-refractivity contribution is 6.35. The quantitative estimate of drug-likeness (QED) is 0.162. The molecule has 1 aliphatic carbocycles. The Labute approximate surface area is 246 Å². The number of halogens is 1. The number of fused-ring (bicyclic) bond motifs is 1. The topological polar surface area (TPSA) is 77.1 Å². The smallest absolute Gasteiger partial charge is 0.0959 e. The van der Waals surface area contributed by atoms with Crippen molar-refractivity contribution in [3.8, 4) is 12.3 Å². The monoisotopic (exact) mass is 563 g/mol. The van der Waals surface area contributed by atoms with E-state index in [9.17, 15) is 0 Å². The highest BCUT2D eigenvalue weighted by Gasteiger charge is 2.28. The van der Waals surface area contributed by atoms with Crippen molar-refractivity contribution >= 4 is 33.9 Å². The average molecular weight is 564 g/mol. The first-order valence-electron chi connectivity index (χ1n) is 14.2. The van der Waals surface area contributed by atoms with E-state index in [0.717, 1.165) is 34.4 Å². The summed E-state index contributed by atoms with van der Waals surface area (Å²) in [5.74, 6) is 2.82. The third-order valence-electron chi connectivity index (χ3n) is 7.97. The molecule has 1 saturated carbocycles. The number of hydrogen-bond acceptors (Lipinski definition) is 7. The molecule has 2 aromatic carbocycles. The predicted molar refractivity (Wildman–Crippen MR) is 167 cm³/mol. The summed E-state index contributed by atoms with van der Waals surface area (Å²) in [6.07, 6.45) is 19.3. The molecular formula is C33H34ClN7. The molecule has 0 spiro atoms. The largest absolute Gasteiger partial charge is 0.377 e. The van der Waals surface area contributed by atoms with Crippen LogP contribution in [0.2, 0.25) is 5.02 Å². The summed E-state index contributed by atoms with van der Waals surface area (Å²) < 4.78 is 0. The van der Waals surface area contributed by atoms with Gasteiger partial charge in [0, 0.05) is 41.9 Å². The van der Waals surface area contributed by atoms with Crippen LogP contribution < -0.4 is 21.6 Å². The third kappa shape index (κ3) is 5.67. The van der Waals surface area contributed by atoms with Crippen LogP contribution in [-0.2, 0) is 0 Å². The van der Waals surface area contributed by atoms with Crippen molar-refractivity contribution in [3.05, 3.63) is 107 Å². The fraction of sp³-hybridized carbons (Fsp3) is 0.273. The Kier molecular flexibility index (Phi) is 7.95. The molecule has 6 rings (SSSR count). The predicted octanol–water partition coefficient (Wildman–Crippen LogP) is 7.09. The van der Waals surface area contributed by atoms with Gasteiger partial charge in [0.15, 0.2) is 0 Å². The van der Waals surface area contributed by atoms with Crippen molar-refractivity contribution in [2.45, 2.75) is 57.2 Å². The maximum Gasteiger partial charge on any atom is 0.0959 e. The van der Waals surface area contributed by atoms with Gasteiger partial charge in [-0.15, -0.1) is 12.0 Å². The van der Waals surface area contributed by atoms with E-state index >= 15 is 0 Å². The van der Waals surface area contributed by atoms with Gasteiger partial charge in [-0.1, -0.05) is 73.7 Å². The Morgan fingerprint density at radius 2 is 1.88 bits per heavy atom. The van der Waals surface area contributed by atoms with Gasteiger partial charge in [-0.25, -0.2) is 0 Å². The van der Waals surface area contributed by atoms with Crippen LogP contribution in [0.4, 0.5) is 11.4 Å². The summed E-state index contributed by atoms with van der Waals surface area (Å²) in [4.78, 5) is 9.03. The van der Waals surface area contributed by atoms with Gasteiger partial charge in [0.05, 0.1) is 39.6 Å². The van der Waals surface area contributed by atoms with E-state index < -0.39 is 0 Å². The van der Waals surface area contributed by atoms with Gasteiger partial charge in [-0.05, 0) is 48.6 Å². The molecule has 4 aromatic rings. The third-order valence-corrected chi connectivity index (χ3v) is 8.26. The van der Waals surface area contributed by atoms with Gasteiger partial charge in [0.2, 0.25) is 0 Å². The van der Waals surface area contributed by atoms with Gasteiger partial charge in [0.1, 0.15) is 0 Å². The second-order valence-corrected chi connectivity index (χ2v) is 11.0. The lowest BCUT2D eigenvalue weighted by atomic mass is 10.0. The van der Waals surface area contributed by atoms with E-state index in [1.165, 1.54) is 31.2 Å². The van der Waals surface area contributed by atoms with Crippen LogP contribution in [0.5, 0.6) is 0 Å². The summed E-state index contributed by atoms with van der Waals surface area (Å²) in [6, 6.07) is 18.8. The normalized spacial score (nSPS) is 16.6. The zero-order valence-electron chi connectivity index (χ0n) is 23.1. The molecule has 2 aromatic heterocycles. The molecule has 0 radical (unpaired) electrons. The minimum absolute atomic E-state index is 0.0768. The lowest BCUT2D eigenvalue weighted by molar-refractivity contribution is 0.198. The highest BCUT2D eigenvalue weighted by Crippen LogP contribution is 2.37. The standard InChI is InChI=1S/C33H34ClN7/c1-3-22-20-36-33-27(31(22)38-29(4-2)23-11-6-5-7-12-23)17-25(18-28(33)34)37-32(24-13-10-16-35-19-24)30-21-41(40-39-30)26-14-8-9-15-26/h1,5-7,10-13,16-21,26,29,32,37,39-40H,4,8-9,14-15H2,2H3,(H,36,38)/t29-,32+/m1/s1. The Balaban J connectivity index is 1.39. The summed E-state index contributed by atoms with van der Waals surface area (Å²) >= 11 is 6.87.